The number of amides is 1. The summed E-state index contributed by atoms with van der Waals surface area (Å²) in [6.45, 7) is 4.54. The first kappa shape index (κ1) is 16.4. The monoisotopic (exact) mass is 316 g/mol. The molecule has 0 aliphatic carbocycles. The van der Waals surface area contributed by atoms with Crippen molar-refractivity contribution in [2.24, 2.45) is 0 Å². The highest BCUT2D eigenvalue weighted by atomic mass is 16.6. The van der Waals surface area contributed by atoms with Crippen LogP contribution >= 0.6 is 0 Å². The number of ether oxygens (including phenoxy) is 1. The van der Waals surface area contributed by atoms with Crippen LogP contribution in [-0.4, -0.2) is 28.9 Å². The van der Waals surface area contributed by atoms with Crippen LogP contribution < -0.4 is 5.32 Å². The highest BCUT2D eigenvalue weighted by Crippen LogP contribution is 2.13. The van der Waals surface area contributed by atoms with E-state index in [9.17, 15) is 14.4 Å². The Morgan fingerprint density at radius 3 is 2.61 bits per heavy atom. The third-order valence-corrected chi connectivity index (χ3v) is 3.02. The Morgan fingerprint density at radius 1 is 1.26 bits per heavy atom. The third kappa shape index (κ3) is 4.26. The van der Waals surface area contributed by atoms with E-state index in [1.165, 1.54) is 19.9 Å². The summed E-state index contributed by atoms with van der Waals surface area (Å²) in [6.07, 6.45) is -1.03. The lowest BCUT2D eigenvalue weighted by molar-refractivity contribution is -0.123. The fourth-order valence-electron chi connectivity index (χ4n) is 1.79. The largest absolute Gasteiger partial charge is 0.447 e. The van der Waals surface area contributed by atoms with Crippen LogP contribution in [-0.2, 0) is 9.53 Å². The average molecular weight is 316 g/mol. The fraction of sp³-hybridized carbons (Fsp3) is 0.250. The maximum atomic E-state index is 12.0. The Balaban J connectivity index is 1.98. The van der Waals surface area contributed by atoms with Gasteiger partial charge in [0, 0.05) is 17.3 Å². The molecule has 2 aromatic rings. The lowest BCUT2D eigenvalue weighted by atomic mass is 10.1. The molecule has 1 heterocycles. The summed E-state index contributed by atoms with van der Waals surface area (Å²) in [5, 5.41) is 6.16. The standard InChI is InChI=1S/C16H16N2O5/c1-9-7-14(23-18-9)16(21)22-11(3)15(20)17-13-6-4-5-12(8-13)10(2)19/h4-8,11H,1-3H3,(H,17,20)/t11-/m1/s1. The molecule has 0 bridgehead atoms. The lowest BCUT2D eigenvalue weighted by Gasteiger charge is -2.12. The summed E-state index contributed by atoms with van der Waals surface area (Å²) in [6, 6.07) is 7.91. The number of nitrogens with one attached hydrogen (secondary N) is 1. The number of ketones is 1. The summed E-state index contributed by atoms with van der Waals surface area (Å²) >= 11 is 0. The minimum absolute atomic E-state index is 0.0688. The van der Waals surface area contributed by atoms with Gasteiger partial charge in [-0.2, -0.15) is 0 Å². The Bertz CT molecular complexity index is 750. The van der Waals surface area contributed by atoms with E-state index in [-0.39, 0.29) is 11.5 Å². The molecule has 0 aliphatic rings. The number of anilines is 1. The molecule has 0 spiro atoms. The number of esters is 1. The number of benzene rings is 1. The van der Waals surface area contributed by atoms with E-state index < -0.39 is 18.0 Å². The van der Waals surface area contributed by atoms with E-state index in [1.807, 2.05) is 0 Å². The van der Waals surface area contributed by atoms with E-state index >= 15 is 0 Å². The van der Waals surface area contributed by atoms with Gasteiger partial charge in [-0.25, -0.2) is 4.79 Å². The van der Waals surface area contributed by atoms with Gasteiger partial charge in [-0.05, 0) is 32.9 Å². The van der Waals surface area contributed by atoms with Gasteiger partial charge in [-0.3, -0.25) is 9.59 Å². The minimum Gasteiger partial charge on any atom is -0.447 e. The number of Topliss-reactive ketones (excluding diaryl/α,β-unsaturated/α-hetero) is 1. The van der Waals surface area contributed by atoms with Crippen molar-refractivity contribution in [3.63, 3.8) is 0 Å². The van der Waals surface area contributed by atoms with Crippen molar-refractivity contribution in [2.75, 3.05) is 5.32 Å². The van der Waals surface area contributed by atoms with Crippen molar-refractivity contribution in [1.82, 2.24) is 5.16 Å². The first-order valence-electron chi connectivity index (χ1n) is 6.93. The molecule has 0 radical (unpaired) electrons. The van der Waals surface area contributed by atoms with Crippen molar-refractivity contribution in [3.8, 4) is 0 Å². The molecule has 1 N–H and O–H groups in total. The number of hydrogen-bond donors (Lipinski definition) is 1. The quantitative estimate of drug-likeness (QED) is 0.671. The van der Waals surface area contributed by atoms with Gasteiger partial charge in [0.2, 0.25) is 5.76 Å². The molecule has 1 atom stereocenters. The van der Waals surface area contributed by atoms with Crippen LogP contribution in [0, 0.1) is 6.92 Å². The second-order valence-corrected chi connectivity index (χ2v) is 5.01. The summed E-state index contributed by atoms with van der Waals surface area (Å²) in [5.41, 5.74) is 1.46. The number of nitrogens with zero attached hydrogens (tertiary/aromatic N) is 1. The predicted octanol–water partition coefficient (Wildman–Crippen LogP) is 2.37. The van der Waals surface area contributed by atoms with Crippen molar-refractivity contribution in [2.45, 2.75) is 26.9 Å². The molecule has 2 rings (SSSR count). The Morgan fingerprint density at radius 2 is 2.00 bits per heavy atom. The van der Waals surface area contributed by atoms with Gasteiger partial charge in [0.25, 0.3) is 5.91 Å². The molecule has 120 valence electrons. The van der Waals surface area contributed by atoms with E-state index in [0.29, 0.717) is 16.9 Å². The second-order valence-electron chi connectivity index (χ2n) is 5.01. The third-order valence-electron chi connectivity index (χ3n) is 3.02. The van der Waals surface area contributed by atoms with E-state index in [2.05, 4.69) is 10.5 Å². The molecular formula is C16H16N2O5. The number of aromatic nitrogens is 1. The first-order chi connectivity index (χ1) is 10.9. The van der Waals surface area contributed by atoms with E-state index in [1.54, 1.807) is 31.2 Å². The molecule has 1 aromatic heterocycles. The Hall–Kier alpha value is -2.96. The van der Waals surface area contributed by atoms with Gasteiger partial charge in [0.1, 0.15) is 0 Å². The normalized spacial score (nSPS) is 11.6. The zero-order valence-corrected chi connectivity index (χ0v) is 13.0. The molecular weight excluding hydrogens is 300 g/mol. The summed E-state index contributed by atoms with van der Waals surface area (Å²) in [4.78, 5) is 35.2. The SMILES string of the molecule is CC(=O)c1cccc(NC(=O)[C@@H](C)OC(=O)c2cc(C)no2)c1. The maximum Gasteiger partial charge on any atom is 0.377 e. The predicted molar refractivity (Wildman–Crippen MR) is 81.2 cm³/mol. The number of carbonyl (C=O) groups excluding carboxylic acids is 3. The Labute approximate surface area is 132 Å². The van der Waals surface area contributed by atoms with E-state index in [4.69, 9.17) is 9.26 Å². The van der Waals surface area contributed by atoms with Gasteiger partial charge in [-0.1, -0.05) is 17.3 Å². The summed E-state index contributed by atoms with van der Waals surface area (Å²) in [7, 11) is 0. The zero-order chi connectivity index (χ0) is 17.0. The van der Waals surface area contributed by atoms with Crippen molar-refractivity contribution in [3.05, 3.63) is 47.3 Å². The number of rotatable bonds is 5. The zero-order valence-electron chi connectivity index (χ0n) is 13.0. The molecule has 0 aliphatic heterocycles. The Kier molecular flexibility index (Phi) is 4.90. The lowest BCUT2D eigenvalue weighted by Crippen LogP contribution is -2.30. The smallest absolute Gasteiger partial charge is 0.377 e. The van der Waals surface area contributed by atoms with Gasteiger partial charge >= 0.3 is 5.97 Å². The molecule has 1 amide bonds. The van der Waals surface area contributed by atoms with Crippen LogP contribution in [0.4, 0.5) is 5.69 Å². The van der Waals surface area contributed by atoms with Crippen molar-refractivity contribution < 1.29 is 23.6 Å². The fourth-order valence-corrected chi connectivity index (χ4v) is 1.79. The molecule has 7 nitrogen and oxygen atoms in total. The van der Waals surface area contributed by atoms with E-state index in [0.717, 1.165) is 0 Å². The summed E-state index contributed by atoms with van der Waals surface area (Å²) in [5.74, 6) is -1.47. The van der Waals surface area contributed by atoms with Crippen LogP contribution in [0.2, 0.25) is 0 Å². The molecule has 23 heavy (non-hydrogen) atoms. The van der Waals surface area contributed by atoms with Crippen LogP contribution in [0.3, 0.4) is 0 Å². The van der Waals surface area contributed by atoms with Gasteiger partial charge in [0.05, 0.1) is 5.69 Å². The molecule has 0 fully saturated rings. The summed E-state index contributed by atoms with van der Waals surface area (Å²) < 4.78 is 9.78. The first-order valence-corrected chi connectivity index (χ1v) is 6.93. The highest BCUT2D eigenvalue weighted by Gasteiger charge is 2.21. The number of hydrogen-bond acceptors (Lipinski definition) is 6. The van der Waals surface area contributed by atoms with Crippen LogP contribution in [0.15, 0.2) is 34.9 Å². The van der Waals surface area contributed by atoms with Crippen LogP contribution in [0.1, 0.15) is 40.5 Å². The van der Waals surface area contributed by atoms with Crippen molar-refractivity contribution >= 4 is 23.3 Å². The van der Waals surface area contributed by atoms with Crippen molar-refractivity contribution in [1.29, 1.82) is 0 Å². The van der Waals surface area contributed by atoms with Gasteiger partial charge in [0.15, 0.2) is 11.9 Å². The molecule has 7 heteroatoms. The molecule has 1 aromatic carbocycles. The highest BCUT2D eigenvalue weighted by molar-refractivity contribution is 5.99. The molecule has 0 saturated carbocycles. The second kappa shape index (κ2) is 6.87. The van der Waals surface area contributed by atoms with Crippen LogP contribution in [0.25, 0.3) is 0 Å². The van der Waals surface area contributed by atoms with Gasteiger partial charge in [-0.15, -0.1) is 0 Å². The number of carbonyl (C=O) groups is 3. The topological polar surface area (TPSA) is 98.5 Å². The minimum atomic E-state index is -1.03. The maximum absolute atomic E-state index is 12.0. The van der Waals surface area contributed by atoms with Gasteiger partial charge < -0.3 is 14.6 Å². The molecule has 0 unspecified atom stereocenters. The number of aryl methyl sites for hydroxylation is 1. The molecule has 0 saturated heterocycles. The average Bonchev–Trinajstić information content (AvgIpc) is 2.94. The van der Waals surface area contributed by atoms with Crippen LogP contribution in [0.5, 0.6) is 0 Å².